The number of nitro benzene ring substituents is 1. The van der Waals surface area contributed by atoms with Crippen molar-refractivity contribution >= 4 is 17.7 Å². The molecule has 1 aromatic rings. The summed E-state index contributed by atoms with van der Waals surface area (Å²) in [6, 6.07) is 5.00. The summed E-state index contributed by atoms with van der Waals surface area (Å²) in [6.07, 6.45) is 0.573. The maximum Gasteiger partial charge on any atom is 0.407 e. The number of hydrogen-bond donors (Lipinski definition) is 2. The zero-order chi connectivity index (χ0) is 16.5. The Hall–Kier alpha value is -2.90. The Morgan fingerprint density at radius 1 is 1.41 bits per heavy atom. The first-order valence-corrected chi connectivity index (χ1v) is 6.41. The molecule has 8 heteroatoms. The van der Waals surface area contributed by atoms with Gasteiger partial charge in [0.2, 0.25) is 0 Å². The van der Waals surface area contributed by atoms with Gasteiger partial charge in [0.05, 0.1) is 11.3 Å². The zero-order valence-electron chi connectivity index (χ0n) is 11.7. The number of benzene rings is 1. The largest absolute Gasteiger partial charge is 0.481 e. The van der Waals surface area contributed by atoms with E-state index in [1.807, 2.05) is 0 Å². The zero-order valence-corrected chi connectivity index (χ0v) is 11.7. The van der Waals surface area contributed by atoms with Gasteiger partial charge in [-0.05, 0) is 12.0 Å². The van der Waals surface area contributed by atoms with Gasteiger partial charge >= 0.3 is 12.1 Å². The molecule has 1 rings (SSSR count). The molecule has 0 heterocycles. The molecule has 0 bridgehead atoms. The monoisotopic (exact) mass is 308 g/mol. The van der Waals surface area contributed by atoms with E-state index in [4.69, 9.17) is 9.84 Å². The van der Waals surface area contributed by atoms with Crippen molar-refractivity contribution in [2.75, 3.05) is 6.61 Å². The van der Waals surface area contributed by atoms with Gasteiger partial charge in [0.25, 0.3) is 5.69 Å². The third-order valence-electron chi connectivity index (χ3n) is 2.70. The van der Waals surface area contributed by atoms with Crippen LogP contribution in [0, 0.1) is 10.1 Å². The van der Waals surface area contributed by atoms with E-state index in [0.717, 1.165) is 0 Å². The summed E-state index contributed by atoms with van der Waals surface area (Å²) in [6.45, 7) is 3.41. The Kier molecular flexibility index (Phi) is 6.55. The van der Waals surface area contributed by atoms with Crippen LogP contribution in [0.5, 0.6) is 0 Å². The summed E-state index contributed by atoms with van der Waals surface area (Å²) in [5, 5.41) is 21.9. The van der Waals surface area contributed by atoms with Crippen LogP contribution in [0.15, 0.2) is 36.9 Å². The van der Waals surface area contributed by atoms with Crippen LogP contribution in [0.2, 0.25) is 0 Å². The molecule has 8 nitrogen and oxygen atoms in total. The van der Waals surface area contributed by atoms with Gasteiger partial charge in [0.15, 0.2) is 0 Å². The molecule has 2 N–H and O–H groups in total. The number of non-ortho nitro benzene ring substituents is 1. The first-order chi connectivity index (χ1) is 10.4. The van der Waals surface area contributed by atoms with Gasteiger partial charge in [0, 0.05) is 18.2 Å². The number of ether oxygens (including phenoxy) is 1. The van der Waals surface area contributed by atoms with Crippen molar-refractivity contribution in [3.8, 4) is 0 Å². The molecule has 0 radical (unpaired) electrons. The molecule has 0 aromatic heterocycles. The molecule has 0 aliphatic rings. The molecule has 0 unspecified atom stereocenters. The van der Waals surface area contributed by atoms with E-state index in [1.165, 1.54) is 30.3 Å². The molecule has 0 saturated heterocycles. The summed E-state index contributed by atoms with van der Waals surface area (Å²) in [5.74, 6) is -1.07. The molecule has 1 atom stereocenters. The highest BCUT2D eigenvalue weighted by Gasteiger charge is 2.17. The van der Waals surface area contributed by atoms with Crippen molar-refractivity contribution < 1.29 is 24.4 Å². The van der Waals surface area contributed by atoms with E-state index in [9.17, 15) is 19.7 Å². The highest BCUT2D eigenvalue weighted by Crippen LogP contribution is 2.14. The van der Waals surface area contributed by atoms with Crippen LogP contribution >= 0.6 is 0 Å². The van der Waals surface area contributed by atoms with Crippen LogP contribution in [-0.4, -0.2) is 34.7 Å². The van der Waals surface area contributed by atoms with Gasteiger partial charge in [-0.2, -0.15) is 0 Å². The number of amides is 1. The predicted molar refractivity (Wildman–Crippen MR) is 77.5 cm³/mol. The number of carboxylic acids is 1. The summed E-state index contributed by atoms with van der Waals surface area (Å²) >= 11 is 0. The second kappa shape index (κ2) is 8.40. The fourth-order valence-electron chi connectivity index (χ4n) is 1.77. The topological polar surface area (TPSA) is 119 Å². The van der Waals surface area contributed by atoms with Crippen LogP contribution < -0.4 is 5.32 Å². The van der Waals surface area contributed by atoms with E-state index in [2.05, 4.69) is 11.9 Å². The molecule has 1 amide bonds. The maximum absolute atomic E-state index is 11.5. The van der Waals surface area contributed by atoms with Crippen molar-refractivity contribution in [1.29, 1.82) is 0 Å². The lowest BCUT2D eigenvalue weighted by Crippen LogP contribution is -2.38. The van der Waals surface area contributed by atoms with Crippen molar-refractivity contribution in [1.82, 2.24) is 5.32 Å². The second-order valence-electron chi connectivity index (χ2n) is 4.45. The van der Waals surface area contributed by atoms with Crippen LogP contribution in [-0.2, 0) is 16.0 Å². The lowest BCUT2D eigenvalue weighted by atomic mass is 10.0. The average Bonchev–Trinajstić information content (AvgIpc) is 2.44. The molecule has 22 heavy (non-hydrogen) atoms. The average molecular weight is 308 g/mol. The maximum atomic E-state index is 11.5. The van der Waals surface area contributed by atoms with Crippen LogP contribution in [0.1, 0.15) is 12.0 Å². The number of nitro groups is 1. The highest BCUT2D eigenvalue weighted by molar-refractivity contribution is 5.71. The quantitative estimate of drug-likeness (QED) is 0.430. The number of carbonyl (C=O) groups excluding carboxylic acids is 1. The molecule has 0 aliphatic carbocycles. The van der Waals surface area contributed by atoms with E-state index in [0.29, 0.717) is 5.56 Å². The lowest BCUT2D eigenvalue weighted by molar-refractivity contribution is -0.384. The van der Waals surface area contributed by atoms with Crippen molar-refractivity contribution in [2.45, 2.75) is 18.9 Å². The van der Waals surface area contributed by atoms with Crippen LogP contribution in [0.3, 0.4) is 0 Å². The van der Waals surface area contributed by atoms with E-state index in [-0.39, 0.29) is 25.1 Å². The smallest absolute Gasteiger partial charge is 0.407 e. The second-order valence-corrected chi connectivity index (χ2v) is 4.45. The summed E-state index contributed by atoms with van der Waals surface area (Å²) < 4.78 is 4.74. The normalized spacial score (nSPS) is 11.3. The van der Waals surface area contributed by atoms with E-state index >= 15 is 0 Å². The third-order valence-corrected chi connectivity index (χ3v) is 2.70. The van der Waals surface area contributed by atoms with Crippen molar-refractivity contribution in [2.24, 2.45) is 0 Å². The predicted octanol–water partition coefficient (Wildman–Crippen LogP) is 1.89. The third kappa shape index (κ3) is 6.04. The molecular weight excluding hydrogens is 292 g/mol. The number of carbonyl (C=O) groups is 2. The van der Waals surface area contributed by atoms with Gasteiger partial charge in [0.1, 0.15) is 6.61 Å². The molecule has 0 fully saturated rings. The van der Waals surface area contributed by atoms with Gasteiger partial charge in [-0.25, -0.2) is 4.79 Å². The summed E-state index contributed by atoms with van der Waals surface area (Å²) in [5.41, 5.74) is 0.609. The molecule has 1 aromatic carbocycles. The first-order valence-electron chi connectivity index (χ1n) is 6.41. The number of alkyl carbamates (subject to hydrolysis) is 1. The van der Waals surface area contributed by atoms with Crippen molar-refractivity contribution in [3.63, 3.8) is 0 Å². The fourth-order valence-corrected chi connectivity index (χ4v) is 1.77. The van der Waals surface area contributed by atoms with E-state index in [1.54, 1.807) is 0 Å². The Labute approximate surface area is 126 Å². The van der Waals surface area contributed by atoms with Gasteiger partial charge in [-0.1, -0.05) is 24.8 Å². The number of nitrogens with one attached hydrogen (secondary N) is 1. The molecule has 0 saturated carbocycles. The number of nitrogens with zero attached hydrogens (tertiary/aromatic N) is 1. The number of hydrogen-bond acceptors (Lipinski definition) is 5. The molecule has 0 aliphatic heterocycles. The first kappa shape index (κ1) is 17.2. The van der Waals surface area contributed by atoms with Gasteiger partial charge in [-0.15, -0.1) is 0 Å². The Balaban J connectivity index is 2.71. The lowest BCUT2D eigenvalue weighted by Gasteiger charge is -2.16. The van der Waals surface area contributed by atoms with E-state index < -0.39 is 23.0 Å². The fraction of sp³-hybridized carbons (Fsp3) is 0.286. The SMILES string of the molecule is C=CCOC(=O)N[C@H](CC(=O)O)Cc1ccc([N+](=O)[O-])cc1. The number of rotatable bonds is 8. The molecule has 0 spiro atoms. The number of aliphatic carboxylic acids is 1. The highest BCUT2D eigenvalue weighted by atomic mass is 16.6. The Morgan fingerprint density at radius 2 is 2.05 bits per heavy atom. The van der Waals surface area contributed by atoms with Gasteiger partial charge < -0.3 is 15.2 Å². The van der Waals surface area contributed by atoms with Crippen LogP contribution in [0.25, 0.3) is 0 Å². The van der Waals surface area contributed by atoms with Crippen molar-refractivity contribution in [3.05, 3.63) is 52.6 Å². The standard InChI is InChI=1S/C14H16N2O6/c1-2-7-22-14(19)15-11(9-13(17)18)8-10-3-5-12(6-4-10)16(20)21/h2-6,11H,1,7-9H2,(H,15,19)(H,17,18)/t11-/m0/s1. The molecule has 118 valence electrons. The Bertz CT molecular complexity index is 555. The molecular formula is C14H16N2O6. The minimum Gasteiger partial charge on any atom is -0.481 e. The van der Waals surface area contributed by atoms with Crippen LogP contribution in [0.4, 0.5) is 10.5 Å². The minimum absolute atomic E-state index is 0.0170. The van der Waals surface area contributed by atoms with Gasteiger partial charge in [-0.3, -0.25) is 14.9 Å². The number of carboxylic acid groups (broad SMARTS) is 1. The summed E-state index contributed by atoms with van der Waals surface area (Å²) in [7, 11) is 0. The minimum atomic E-state index is -1.07. The summed E-state index contributed by atoms with van der Waals surface area (Å²) in [4.78, 5) is 32.4. The Morgan fingerprint density at radius 3 is 2.55 bits per heavy atom.